The Balaban J connectivity index is 1.52. The topological polar surface area (TPSA) is 59.6 Å². The van der Waals surface area contributed by atoms with Gasteiger partial charge in [-0.15, -0.1) is 0 Å². The normalized spacial score (nSPS) is 18.9. The standard InChI is InChI=1S/C31H34N2O3/c1-3-17-35-23-15-13-21(14-16-23)22-19-27-30(28(34)20-22)31(33-26-11-7-6-10-25(26)32-27)24-9-5-8-12-29(24)36-18-4-2/h5-16,22,31-33H,3-4,17-20H2,1-2H3. The summed E-state index contributed by atoms with van der Waals surface area (Å²) in [4.78, 5) is 13.8. The number of Topliss-reactive ketones (excluding diaryl/α,β-unsaturated/α-hetero) is 1. The molecular formula is C31H34N2O3. The SMILES string of the molecule is CCCOc1ccc(C2CC(=O)C3=C(C2)Nc2ccccc2NC3c2ccccc2OCCC)cc1. The Bertz CT molecular complexity index is 1250. The summed E-state index contributed by atoms with van der Waals surface area (Å²) in [6.45, 7) is 5.54. The maximum atomic E-state index is 13.8. The fraction of sp³-hybridized carbons (Fsp3) is 0.323. The average molecular weight is 483 g/mol. The molecule has 3 aromatic carbocycles. The van der Waals surface area contributed by atoms with Gasteiger partial charge in [0.2, 0.25) is 0 Å². The average Bonchev–Trinajstić information content (AvgIpc) is 3.08. The largest absolute Gasteiger partial charge is 0.494 e. The zero-order valence-electron chi connectivity index (χ0n) is 21.1. The molecule has 2 atom stereocenters. The third-order valence-corrected chi connectivity index (χ3v) is 6.83. The Hall–Kier alpha value is -3.73. The van der Waals surface area contributed by atoms with Crippen LogP contribution in [0.5, 0.6) is 11.5 Å². The molecule has 2 N–H and O–H groups in total. The Kier molecular flexibility index (Phi) is 7.26. The first kappa shape index (κ1) is 24.0. The lowest BCUT2D eigenvalue weighted by molar-refractivity contribution is -0.116. The molecule has 0 aromatic heterocycles. The predicted octanol–water partition coefficient (Wildman–Crippen LogP) is 7.24. The van der Waals surface area contributed by atoms with Crippen LogP contribution in [0.2, 0.25) is 0 Å². The number of anilines is 2. The summed E-state index contributed by atoms with van der Waals surface area (Å²) in [6.07, 6.45) is 3.14. The van der Waals surface area contributed by atoms with Crippen LogP contribution in [0.4, 0.5) is 11.4 Å². The second-order valence-corrected chi connectivity index (χ2v) is 9.47. The van der Waals surface area contributed by atoms with Crippen LogP contribution in [0.1, 0.15) is 62.6 Å². The number of ether oxygens (including phenoxy) is 2. The van der Waals surface area contributed by atoms with E-state index in [1.807, 2.05) is 42.5 Å². The van der Waals surface area contributed by atoms with Crippen LogP contribution < -0.4 is 20.1 Å². The van der Waals surface area contributed by atoms with Crippen molar-refractivity contribution in [1.29, 1.82) is 0 Å². The lowest BCUT2D eigenvalue weighted by Crippen LogP contribution is -2.27. The number of rotatable bonds is 8. The van der Waals surface area contributed by atoms with E-state index in [1.54, 1.807) is 0 Å². The number of hydrogen-bond donors (Lipinski definition) is 2. The molecule has 0 spiro atoms. The second kappa shape index (κ2) is 10.9. The number of benzene rings is 3. The van der Waals surface area contributed by atoms with E-state index in [-0.39, 0.29) is 17.7 Å². The summed E-state index contributed by atoms with van der Waals surface area (Å²) in [5.41, 5.74) is 5.89. The van der Waals surface area contributed by atoms with Gasteiger partial charge in [-0.2, -0.15) is 0 Å². The number of fused-ring (bicyclic) bond motifs is 1. The molecule has 2 unspecified atom stereocenters. The fourth-order valence-electron chi connectivity index (χ4n) is 5.08. The number of allylic oxidation sites excluding steroid dienone is 1. The van der Waals surface area contributed by atoms with Crippen molar-refractivity contribution in [3.8, 4) is 11.5 Å². The highest BCUT2D eigenvalue weighted by Crippen LogP contribution is 2.45. The molecule has 0 saturated carbocycles. The van der Waals surface area contributed by atoms with E-state index < -0.39 is 0 Å². The number of para-hydroxylation sites is 3. The van der Waals surface area contributed by atoms with Crippen molar-refractivity contribution in [3.05, 3.63) is 95.2 Å². The van der Waals surface area contributed by atoms with Crippen LogP contribution >= 0.6 is 0 Å². The Morgan fingerprint density at radius 1 is 0.806 bits per heavy atom. The van der Waals surface area contributed by atoms with Crippen LogP contribution in [-0.4, -0.2) is 19.0 Å². The smallest absolute Gasteiger partial charge is 0.163 e. The summed E-state index contributed by atoms with van der Waals surface area (Å²) in [5, 5.41) is 7.29. The third kappa shape index (κ3) is 4.97. The van der Waals surface area contributed by atoms with Crippen LogP contribution in [-0.2, 0) is 4.79 Å². The van der Waals surface area contributed by atoms with E-state index in [9.17, 15) is 4.79 Å². The van der Waals surface area contributed by atoms with Gasteiger partial charge in [0.05, 0.1) is 30.6 Å². The van der Waals surface area contributed by atoms with Gasteiger partial charge in [0, 0.05) is 23.3 Å². The summed E-state index contributed by atoms with van der Waals surface area (Å²) in [5.74, 6) is 1.97. The summed E-state index contributed by atoms with van der Waals surface area (Å²) < 4.78 is 11.9. The van der Waals surface area contributed by atoms with Gasteiger partial charge in [-0.05, 0) is 61.1 Å². The van der Waals surface area contributed by atoms with Gasteiger partial charge in [0.15, 0.2) is 5.78 Å². The van der Waals surface area contributed by atoms with Gasteiger partial charge in [0.1, 0.15) is 11.5 Å². The maximum absolute atomic E-state index is 13.8. The van der Waals surface area contributed by atoms with Gasteiger partial charge in [-0.3, -0.25) is 4.79 Å². The van der Waals surface area contributed by atoms with Crippen molar-refractivity contribution in [2.75, 3.05) is 23.8 Å². The molecule has 5 rings (SSSR count). The molecule has 1 aliphatic carbocycles. The first-order valence-corrected chi connectivity index (χ1v) is 13.0. The van der Waals surface area contributed by atoms with E-state index in [4.69, 9.17) is 9.47 Å². The van der Waals surface area contributed by atoms with Crippen molar-refractivity contribution >= 4 is 17.2 Å². The third-order valence-electron chi connectivity index (χ3n) is 6.83. The van der Waals surface area contributed by atoms with Crippen molar-refractivity contribution in [3.63, 3.8) is 0 Å². The fourth-order valence-corrected chi connectivity index (χ4v) is 5.08. The summed E-state index contributed by atoms with van der Waals surface area (Å²) >= 11 is 0. The Labute approximate surface area is 213 Å². The zero-order valence-corrected chi connectivity index (χ0v) is 21.1. The number of carbonyl (C=O) groups is 1. The molecule has 0 amide bonds. The number of carbonyl (C=O) groups excluding carboxylic acids is 1. The number of nitrogens with one attached hydrogen (secondary N) is 2. The van der Waals surface area contributed by atoms with Crippen molar-refractivity contribution in [2.45, 2.75) is 51.5 Å². The van der Waals surface area contributed by atoms with Gasteiger partial charge in [-0.25, -0.2) is 0 Å². The summed E-state index contributed by atoms with van der Waals surface area (Å²) in [6, 6.07) is 24.1. The molecule has 2 aliphatic rings. The lowest BCUT2D eigenvalue weighted by Gasteiger charge is -2.30. The van der Waals surface area contributed by atoms with E-state index in [0.717, 1.165) is 64.5 Å². The molecule has 0 bridgehead atoms. The lowest BCUT2D eigenvalue weighted by atomic mass is 9.78. The monoisotopic (exact) mass is 482 g/mol. The molecule has 0 radical (unpaired) electrons. The number of ketones is 1. The molecule has 1 heterocycles. The van der Waals surface area contributed by atoms with Gasteiger partial charge in [-0.1, -0.05) is 56.3 Å². The Morgan fingerprint density at radius 3 is 2.28 bits per heavy atom. The van der Waals surface area contributed by atoms with E-state index in [2.05, 4.69) is 54.8 Å². The molecular weight excluding hydrogens is 448 g/mol. The predicted molar refractivity (Wildman–Crippen MR) is 145 cm³/mol. The second-order valence-electron chi connectivity index (χ2n) is 9.47. The van der Waals surface area contributed by atoms with E-state index in [1.165, 1.54) is 0 Å². The quantitative estimate of drug-likeness (QED) is 0.354. The minimum Gasteiger partial charge on any atom is -0.494 e. The van der Waals surface area contributed by atoms with Crippen LogP contribution in [0.3, 0.4) is 0 Å². The number of hydrogen-bond acceptors (Lipinski definition) is 5. The highest BCUT2D eigenvalue weighted by Gasteiger charge is 2.37. The highest BCUT2D eigenvalue weighted by atomic mass is 16.5. The van der Waals surface area contributed by atoms with Crippen LogP contribution in [0.15, 0.2) is 84.1 Å². The van der Waals surface area contributed by atoms with Gasteiger partial charge >= 0.3 is 0 Å². The minimum atomic E-state index is -0.289. The van der Waals surface area contributed by atoms with Crippen molar-refractivity contribution < 1.29 is 14.3 Å². The molecule has 5 nitrogen and oxygen atoms in total. The first-order valence-electron chi connectivity index (χ1n) is 13.0. The molecule has 36 heavy (non-hydrogen) atoms. The van der Waals surface area contributed by atoms with E-state index >= 15 is 0 Å². The van der Waals surface area contributed by atoms with Crippen molar-refractivity contribution in [1.82, 2.24) is 0 Å². The first-order chi connectivity index (χ1) is 17.7. The van der Waals surface area contributed by atoms with Crippen molar-refractivity contribution in [2.24, 2.45) is 0 Å². The zero-order chi connectivity index (χ0) is 24.9. The van der Waals surface area contributed by atoms with Crippen LogP contribution in [0.25, 0.3) is 0 Å². The summed E-state index contributed by atoms with van der Waals surface area (Å²) in [7, 11) is 0. The minimum absolute atomic E-state index is 0.112. The van der Waals surface area contributed by atoms with Gasteiger partial charge in [0.25, 0.3) is 0 Å². The van der Waals surface area contributed by atoms with Crippen LogP contribution in [0, 0.1) is 0 Å². The molecule has 0 fully saturated rings. The maximum Gasteiger partial charge on any atom is 0.163 e. The highest BCUT2D eigenvalue weighted by molar-refractivity contribution is 6.01. The molecule has 0 saturated heterocycles. The molecule has 5 heteroatoms. The molecule has 3 aromatic rings. The molecule has 186 valence electrons. The van der Waals surface area contributed by atoms with E-state index in [0.29, 0.717) is 19.6 Å². The Morgan fingerprint density at radius 2 is 1.50 bits per heavy atom. The molecule has 1 aliphatic heterocycles. The van der Waals surface area contributed by atoms with Gasteiger partial charge < -0.3 is 20.1 Å².